The van der Waals surface area contributed by atoms with Gasteiger partial charge in [-0.1, -0.05) is 6.92 Å². The van der Waals surface area contributed by atoms with E-state index in [1.54, 1.807) is 12.1 Å². The average molecular weight is 325 g/mol. The Bertz CT molecular complexity index is 628. The fraction of sp³-hybridized carbons (Fsp3) is 0.533. The molecule has 3 N–H and O–H groups in total. The van der Waals surface area contributed by atoms with Crippen molar-refractivity contribution in [1.82, 2.24) is 9.62 Å². The molecule has 6 nitrogen and oxygen atoms in total. The fourth-order valence-corrected chi connectivity index (χ4v) is 3.53. The Labute approximate surface area is 131 Å². The van der Waals surface area contributed by atoms with Crippen LogP contribution < -0.4 is 10.5 Å². The second-order valence-corrected chi connectivity index (χ2v) is 7.64. The summed E-state index contributed by atoms with van der Waals surface area (Å²) in [6.45, 7) is 3.31. The van der Waals surface area contributed by atoms with Crippen LogP contribution in [0.25, 0.3) is 0 Å². The van der Waals surface area contributed by atoms with E-state index in [-0.39, 0.29) is 16.8 Å². The minimum atomic E-state index is -3.48. The number of carbonyl (C=O) groups excluding carboxylic acids is 1. The molecule has 1 aromatic carbocycles. The van der Waals surface area contributed by atoms with Crippen LogP contribution >= 0.6 is 0 Å². The first kappa shape index (κ1) is 16.9. The van der Waals surface area contributed by atoms with Crippen molar-refractivity contribution in [2.24, 2.45) is 11.7 Å². The number of hydrogen-bond donors (Lipinski definition) is 2. The molecule has 0 aromatic heterocycles. The highest BCUT2D eigenvalue weighted by molar-refractivity contribution is 7.89. The molecular weight excluding hydrogens is 302 g/mol. The molecule has 1 amide bonds. The number of carbonyl (C=O) groups is 1. The molecule has 7 heteroatoms. The van der Waals surface area contributed by atoms with Gasteiger partial charge >= 0.3 is 0 Å². The van der Waals surface area contributed by atoms with Crippen molar-refractivity contribution in [1.29, 1.82) is 0 Å². The van der Waals surface area contributed by atoms with E-state index in [0.29, 0.717) is 24.6 Å². The molecule has 0 spiro atoms. The molecule has 2 atom stereocenters. The van der Waals surface area contributed by atoms with Crippen LogP contribution in [0.3, 0.4) is 0 Å². The second kappa shape index (κ2) is 6.76. The molecule has 2 unspecified atom stereocenters. The smallest absolute Gasteiger partial charge is 0.254 e. The number of hydrogen-bond acceptors (Lipinski definition) is 4. The lowest BCUT2D eigenvalue weighted by Gasteiger charge is -2.38. The van der Waals surface area contributed by atoms with Crippen molar-refractivity contribution in [2.75, 3.05) is 20.1 Å². The molecule has 1 aliphatic rings. The van der Waals surface area contributed by atoms with Crippen molar-refractivity contribution in [3.05, 3.63) is 29.8 Å². The monoisotopic (exact) mass is 325 g/mol. The summed E-state index contributed by atoms with van der Waals surface area (Å²) in [5.74, 6) is 0.483. The third-order valence-corrected chi connectivity index (χ3v) is 5.62. The third-order valence-electron chi connectivity index (χ3n) is 4.19. The minimum Gasteiger partial charge on any atom is -0.334 e. The zero-order chi connectivity index (χ0) is 16.3. The summed E-state index contributed by atoms with van der Waals surface area (Å²) < 4.78 is 25.6. The molecule has 1 aliphatic heterocycles. The summed E-state index contributed by atoms with van der Waals surface area (Å²) in [5.41, 5.74) is 6.28. The van der Waals surface area contributed by atoms with E-state index < -0.39 is 10.0 Å². The van der Waals surface area contributed by atoms with Gasteiger partial charge in [0.25, 0.3) is 5.91 Å². The molecule has 0 saturated carbocycles. The topological polar surface area (TPSA) is 92.5 Å². The predicted octanol–water partition coefficient (Wildman–Crippen LogP) is 0.794. The summed E-state index contributed by atoms with van der Waals surface area (Å²) >= 11 is 0. The zero-order valence-corrected chi connectivity index (χ0v) is 13.8. The quantitative estimate of drug-likeness (QED) is 0.856. The number of nitrogens with zero attached hydrogens (tertiary/aromatic N) is 1. The molecule has 0 bridgehead atoms. The zero-order valence-electron chi connectivity index (χ0n) is 13.0. The van der Waals surface area contributed by atoms with Crippen LogP contribution in [-0.4, -0.2) is 45.4 Å². The summed E-state index contributed by atoms with van der Waals surface area (Å²) in [5, 5.41) is 0. The lowest BCUT2D eigenvalue weighted by atomic mass is 9.92. The van der Waals surface area contributed by atoms with Gasteiger partial charge in [0.1, 0.15) is 0 Å². The van der Waals surface area contributed by atoms with Crippen LogP contribution in [0.4, 0.5) is 0 Å². The molecule has 2 rings (SSSR count). The van der Waals surface area contributed by atoms with Gasteiger partial charge in [-0.2, -0.15) is 0 Å². The van der Waals surface area contributed by atoms with Gasteiger partial charge < -0.3 is 10.6 Å². The summed E-state index contributed by atoms with van der Waals surface area (Å²) in [4.78, 5) is 14.6. The SMILES string of the molecule is CNS(=O)(=O)c1ccc(C(=O)N2CCC(C)CC2CN)cc1. The molecule has 0 aliphatic carbocycles. The average Bonchev–Trinajstić information content (AvgIpc) is 2.54. The van der Waals surface area contributed by atoms with Crippen molar-refractivity contribution in [2.45, 2.75) is 30.7 Å². The molecule has 1 saturated heterocycles. The van der Waals surface area contributed by atoms with Gasteiger partial charge in [0, 0.05) is 24.7 Å². The van der Waals surface area contributed by atoms with Gasteiger partial charge in [-0.15, -0.1) is 0 Å². The van der Waals surface area contributed by atoms with E-state index in [0.717, 1.165) is 12.8 Å². The number of amides is 1. The lowest BCUT2D eigenvalue weighted by molar-refractivity contribution is 0.0573. The Morgan fingerprint density at radius 1 is 1.36 bits per heavy atom. The van der Waals surface area contributed by atoms with Crippen molar-refractivity contribution >= 4 is 15.9 Å². The van der Waals surface area contributed by atoms with E-state index in [4.69, 9.17) is 5.73 Å². The van der Waals surface area contributed by atoms with Crippen LogP contribution in [0.5, 0.6) is 0 Å². The fourth-order valence-electron chi connectivity index (χ4n) is 2.80. The van der Waals surface area contributed by atoms with E-state index >= 15 is 0 Å². The highest BCUT2D eigenvalue weighted by atomic mass is 32.2. The highest BCUT2D eigenvalue weighted by Gasteiger charge is 2.29. The normalized spacial score (nSPS) is 22.6. The molecule has 122 valence electrons. The number of nitrogens with two attached hydrogens (primary N) is 1. The maximum atomic E-state index is 12.6. The summed E-state index contributed by atoms with van der Waals surface area (Å²) in [6, 6.07) is 6.06. The number of sulfonamides is 1. The first-order valence-corrected chi connectivity index (χ1v) is 8.92. The Morgan fingerprint density at radius 3 is 2.55 bits per heavy atom. The lowest BCUT2D eigenvalue weighted by Crippen LogP contribution is -2.49. The van der Waals surface area contributed by atoms with Crippen molar-refractivity contribution < 1.29 is 13.2 Å². The van der Waals surface area contributed by atoms with Crippen LogP contribution in [0.15, 0.2) is 29.2 Å². The van der Waals surface area contributed by atoms with Gasteiger partial charge in [0.05, 0.1) is 4.90 Å². The third kappa shape index (κ3) is 3.48. The number of rotatable bonds is 4. The number of nitrogens with one attached hydrogen (secondary N) is 1. The van der Waals surface area contributed by atoms with Crippen LogP contribution in [0.2, 0.25) is 0 Å². The van der Waals surface area contributed by atoms with Gasteiger partial charge in [0.2, 0.25) is 10.0 Å². The number of likely N-dealkylation sites (tertiary alicyclic amines) is 1. The molecule has 1 fully saturated rings. The van der Waals surface area contributed by atoms with E-state index in [9.17, 15) is 13.2 Å². The van der Waals surface area contributed by atoms with Gasteiger partial charge in [0.15, 0.2) is 0 Å². The number of benzene rings is 1. The van der Waals surface area contributed by atoms with Gasteiger partial charge in [-0.3, -0.25) is 4.79 Å². The van der Waals surface area contributed by atoms with Gasteiger partial charge in [-0.25, -0.2) is 13.1 Å². The molecule has 1 aromatic rings. The van der Waals surface area contributed by atoms with Gasteiger partial charge in [-0.05, 0) is 50.1 Å². The second-order valence-electron chi connectivity index (χ2n) is 5.75. The van der Waals surface area contributed by atoms with E-state index in [1.165, 1.54) is 19.2 Å². The van der Waals surface area contributed by atoms with E-state index in [1.807, 2.05) is 4.90 Å². The first-order chi connectivity index (χ1) is 10.4. The predicted molar refractivity (Wildman–Crippen MR) is 85.0 cm³/mol. The Hall–Kier alpha value is -1.44. The molecule has 1 heterocycles. The largest absolute Gasteiger partial charge is 0.334 e. The van der Waals surface area contributed by atoms with Crippen LogP contribution in [0.1, 0.15) is 30.1 Å². The summed E-state index contributed by atoms with van der Waals surface area (Å²) in [6.07, 6.45) is 1.88. The summed E-state index contributed by atoms with van der Waals surface area (Å²) in [7, 11) is -2.13. The number of piperidine rings is 1. The molecule has 22 heavy (non-hydrogen) atoms. The Morgan fingerprint density at radius 2 is 2.00 bits per heavy atom. The molecule has 0 radical (unpaired) electrons. The van der Waals surface area contributed by atoms with E-state index in [2.05, 4.69) is 11.6 Å². The highest BCUT2D eigenvalue weighted by Crippen LogP contribution is 2.24. The van der Waals surface area contributed by atoms with Crippen LogP contribution in [0, 0.1) is 5.92 Å². The Kier molecular flexibility index (Phi) is 5.20. The van der Waals surface area contributed by atoms with Crippen molar-refractivity contribution in [3.63, 3.8) is 0 Å². The Balaban J connectivity index is 2.19. The minimum absolute atomic E-state index is 0.0527. The molecular formula is C15H23N3O3S. The van der Waals surface area contributed by atoms with Crippen LogP contribution in [-0.2, 0) is 10.0 Å². The maximum absolute atomic E-state index is 12.6. The standard InChI is InChI=1S/C15H23N3O3S/c1-11-7-8-18(13(9-11)10-16)15(19)12-3-5-14(6-4-12)22(20,21)17-2/h3-6,11,13,17H,7-10,16H2,1-2H3. The maximum Gasteiger partial charge on any atom is 0.254 e. The van der Waals surface area contributed by atoms with Crippen molar-refractivity contribution in [3.8, 4) is 0 Å². The first-order valence-electron chi connectivity index (χ1n) is 7.43.